The standard InChI is InChI=1S/C11H23NO2.C2H6/c1-10(2)12-11(13)8-6-4-5-7-9-14-3;1-2/h10H,4-9H2,1-3H3,(H,12,13);1-2H3. The summed E-state index contributed by atoms with van der Waals surface area (Å²) in [5, 5.41) is 2.88. The maximum Gasteiger partial charge on any atom is 0.220 e. The Hall–Kier alpha value is -0.570. The van der Waals surface area contributed by atoms with Crippen molar-refractivity contribution in [1.29, 1.82) is 0 Å². The van der Waals surface area contributed by atoms with E-state index in [0.717, 1.165) is 32.3 Å². The predicted molar refractivity (Wildman–Crippen MR) is 69.6 cm³/mol. The molecule has 0 radical (unpaired) electrons. The third-order valence-electron chi connectivity index (χ3n) is 1.95. The first-order valence-electron chi connectivity index (χ1n) is 6.45. The van der Waals surface area contributed by atoms with Crippen LogP contribution in [0.2, 0.25) is 0 Å². The largest absolute Gasteiger partial charge is 0.385 e. The van der Waals surface area contributed by atoms with Gasteiger partial charge in [0.15, 0.2) is 0 Å². The molecule has 0 aliphatic carbocycles. The van der Waals surface area contributed by atoms with Gasteiger partial charge in [0.2, 0.25) is 5.91 Å². The number of rotatable bonds is 8. The van der Waals surface area contributed by atoms with Crippen LogP contribution in [-0.2, 0) is 9.53 Å². The van der Waals surface area contributed by atoms with Crippen LogP contribution in [0.15, 0.2) is 0 Å². The van der Waals surface area contributed by atoms with Crippen LogP contribution in [0.4, 0.5) is 0 Å². The van der Waals surface area contributed by atoms with Crippen molar-refractivity contribution in [2.24, 2.45) is 0 Å². The first kappa shape index (κ1) is 17.8. The number of methoxy groups -OCH3 is 1. The maximum atomic E-state index is 11.2. The summed E-state index contributed by atoms with van der Waals surface area (Å²) < 4.78 is 4.94. The monoisotopic (exact) mass is 231 g/mol. The van der Waals surface area contributed by atoms with Gasteiger partial charge in [0.25, 0.3) is 0 Å². The van der Waals surface area contributed by atoms with Gasteiger partial charge >= 0.3 is 0 Å². The summed E-state index contributed by atoms with van der Waals surface area (Å²) in [6, 6.07) is 0.260. The SMILES string of the molecule is CC.COCCCCCCC(=O)NC(C)C. The lowest BCUT2D eigenvalue weighted by Crippen LogP contribution is -2.29. The molecule has 0 unspecified atom stereocenters. The van der Waals surface area contributed by atoms with Crippen LogP contribution in [0.3, 0.4) is 0 Å². The van der Waals surface area contributed by atoms with E-state index in [9.17, 15) is 4.79 Å². The molecule has 0 aromatic heterocycles. The summed E-state index contributed by atoms with van der Waals surface area (Å²) in [5.74, 6) is 0.173. The summed E-state index contributed by atoms with van der Waals surface area (Å²) in [4.78, 5) is 11.2. The zero-order chi connectivity index (χ0) is 12.8. The van der Waals surface area contributed by atoms with Gasteiger partial charge in [0, 0.05) is 26.2 Å². The van der Waals surface area contributed by atoms with E-state index in [1.165, 1.54) is 0 Å². The number of amides is 1. The summed E-state index contributed by atoms with van der Waals surface area (Å²) in [6.07, 6.45) is 5.02. The molecule has 0 bridgehead atoms. The minimum atomic E-state index is 0.173. The molecule has 0 aliphatic rings. The second kappa shape index (κ2) is 14.4. The van der Waals surface area contributed by atoms with Crippen molar-refractivity contribution in [3.8, 4) is 0 Å². The number of hydrogen-bond acceptors (Lipinski definition) is 2. The Morgan fingerprint density at radius 2 is 1.69 bits per heavy atom. The first-order valence-corrected chi connectivity index (χ1v) is 6.45. The summed E-state index contributed by atoms with van der Waals surface area (Å²) >= 11 is 0. The highest BCUT2D eigenvalue weighted by Crippen LogP contribution is 2.03. The fourth-order valence-electron chi connectivity index (χ4n) is 1.28. The molecule has 98 valence electrons. The molecule has 0 heterocycles. The van der Waals surface area contributed by atoms with Crippen molar-refractivity contribution < 1.29 is 9.53 Å². The Bertz CT molecular complexity index is 147. The quantitative estimate of drug-likeness (QED) is 0.652. The number of ether oxygens (including phenoxy) is 1. The van der Waals surface area contributed by atoms with E-state index in [-0.39, 0.29) is 11.9 Å². The lowest BCUT2D eigenvalue weighted by atomic mass is 10.1. The minimum Gasteiger partial charge on any atom is -0.385 e. The predicted octanol–water partition coefficient (Wildman–Crippen LogP) is 3.13. The molecule has 1 N–H and O–H groups in total. The van der Waals surface area contributed by atoms with Gasteiger partial charge < -0.3 is 10.1 Å². The number of carbonyl (C=O) groups excluding carboxylic acids is 1. The maximum absolute atomic E-state index is 11.2. The van der Waals surface area contributed by atoms with Crippen molar-refractivity contribution in [2.45, 2.75) is 65.8 Å². The highest BCUT2D eigenvalue weighted by molar-refractivity contribution is 5.76. The first-order chi connectivity index (χ1) is 7.66. The number of carbonyl (C=O) groups is 1. The molecule has 1 amide bonds. The van der Waals surface area contributed by atoms with Crippen molar-refractivity contribution in [3.05, 3.63) is 0 Å². The van der Waals surface area contributed by atoms with Crippen LogP contribution in [-0.4, -0.2) is 25.7 Å². The van der Waals surface area contributed by atoms with Gasteiger partial charge in [-0.15, -0.1) is 0 Å². The van der Waals surface area contributed by atoms with Gasteiger partial charge in [-0.05, 0) is 26.7 Å². The van der Waals surface area contributed by atoms with Crippen molar-refractivity contribution in [2.75, 3.05) is 13.7 Å². The Morgan fingerprint density at radius 1 is 1.12 bits per heavy atom. The minimum absolute atomic E-state index is 0.173. The molecule has 0 aliphatic heterocycles. The summed E-state index contributed by atoms with van der Waals surface area (Å²) in [7, 11) is 1.72. The van der Waals surface area contributed by atoms with Gasteiger partial charge in [0.05, 0.1) is 0 Å². The van der Waals surface area contributed by atoms with Crippen LogP contribution >= 0.6 is 0 Å². The Labute approximate surface area is 101 Å². The van der Waals surface area contributed by atoms with E-state index in [1.54, 1.807) is 7.11 Å². The van der Waals surface area contributed by atoms with E-state index in [1.807, 2.05) is 27.7 Å². The number of nitrogens with one attached hydrogen (secondary N) is 1. The second-order valence-electron chi connectivity index (χ2n) is 3.88. The fourth-order valence-corrected chi connectivity index (χ4v) is 1.28. The van der Waals surface area contributed by atoms with Crippen molar-refractivity contribution in [1.82, 2.24) is 5.32 Å². The molecule has 0 spiro atoms. The summed E-state index contributed by atoms with van der Waals surface area (Å²) in [5.41, 5.74) is 0. The van der Waals surface area contributed by atoms with Crippen LogP contribution in [0.1, 0.15) is 59.8 Å². The van der Waals surface area contributed by atoms with Crippen LogP contribution in [0.5, 0.6) is 0 Å². The zero-order valence-corrected chi connectivity index (χ0v) is 11.6. The molecule has 0 rings (SSSR count). The van der Waals surface area contributed by atoms with Gasteiger partial charge in [-0.1, -0.05) is 26.7 Å². The van der Waals surface area contributed by atoms with Gasteiger partial charge in [-0.3, -0.25) is 4.79 Å². The Kier molecular flexibility index (Phi) is 16.1. The lowest BCUT2D eigenvalue weighted by molar-refractivity contribution is -0.121. The molecule has 3 nitrogen and oxygen atoms in total. The molecule has 3 heteroatoms. The zero-order valence-electron chi connectivity index (χ0n) is 11.6. The second-order valence-corrected chi connectivity index (χ2v) is 3.88. The van der Waals surface area contributed by atoms with Gasteiger partial charge in [-0.2, -0.15) is 0 Å². The highest BCUT2D eigenvalue weighted by Gasteiger charge is 2.01. The molecular weight excluding hydrogens is 202 g/mol. The van der Waals surface area contributed by atoms with Crippen LogP contribution < -0.4 is 5.32 Å². The van der Waals surface area contributed by atoms with E-state index in [2.05, 4.69) is 5.32 Å². The Morgan fingerprint density at radius 3 is 2.19 bits per heavy atom. The molecule has 0 aromatic carbocycles. The van der Waals surface area contributed by atoms with E-state index in [4.69, 9.17) is 4.74 Å². The topological polar surface area (TPSA) is 38.3 Å². The smallest absolute Gasteiger partial charge is 0.220 e. The van der Waals surface area contributed by atoms with Crippen LogP contribution in [0.25, 0.3) is 0 Å². The molecule has 0 aromatic rings. The molecule has 0 saturated carbocycles. The normalized spacial score (nSPS) is 9.62. The number of unbranched alkanes of at least 4 members (excludes halogenated alkanes) is 3. The van der Waals surface area contributed by atoms with E-state index < -0.39 is 0 Å². The van der Waals surface area contributed by atoms with E-state index >= 15 is 0 Å². The molecule has 0 atom stereocenters. The highest BCUT2D eigenvalue weighted by atomic mass is 16.5. The van der Waals surface area contributed by atoms with E-state index in [0.29, 0.717) is 6.42 Å². The average molecular weight is 231 g/mol. The molecule has 0 saturated heterocycles. The molecule has 0 fully saturated rings. The van der Waals surface area contributed by atoms with Crippen molar-refractivity contribution in [3.63, 3.8) is 0 Å². The molecular formula is C13H29NO2. The third-order valence-corrected chi connectivity index (χ3v) is 1.95. The number of hydrogen-bond donors (Lipinski definition) is 1. The molecule has 16 heavy (non-hydrogen) atoms. The van der Waals surface area contributed by atoms with Gasteiger partial charge in [0.1, 0.15) is 0 Å². The fraction of sp³-hybridized carbons (Fsp3) is 0.923. The Balaban J connectivity index is 0. The lowest BCUT2D eigenvalue weighted by Gasteiger charge is -2.07. The third kappa shape index (κ3) is 15.9. The average Bonchev–Trinajstić information content (AvgIpc) is 2.25. The van der Waals surface area contributed by atoms with Gasteiger partial charge in [-0.25, -0.2) is 0 Å². The summed E-state index contributed by atoms with van der Waals surface area (Å²) in [6.45, 7) is 8.80. The van der Waals surface area contributed by atoms with Crippen LogP contribution in [0, 0.1) is 0 Å². The van der Waals surface area contributed by atoms with Crippen molar-refractivity contribution >= 4 is 5.91 Å².